The molecule has 0 N–H and O–H groups in total. The molecule has 4 nitrogen and oxygen atoms in total. The van der Waals surface area contributed by atoms with E-state index >= 15 is 0 Å². The molecule has 0 saturated heterocycles. The van der Waals surface area contributed by atoms with Gasteiger partial charge in [0.1, 0.15) is 0 Å². The molecule has 5 heteroatoms. The van der Waals surface area contributed by atoms with Crippen LogP contribution in [0.3, 0.4) is 0 Å². The summed E-state index contributed by atoms with van der Waals surface area (Å²) >= 11 is 6.82. The molecule has 3 saturated carbocycles. The Bertz CT molecular complexity index is 874. The van der Waals surface area contributed by atoms with Gasteiger partial charge >= 0.3 is 0 Å². The highest BCUT2D eigenvalue weighted by atomic mass is 35.5. The maximum Gasteiger partial charge on any atom is 0.294 e. The molecule has 1 unspecified atom stereocenters. The Labute approximate surface area is 177 Å². The third-order valence-corrected chi connectivity index (χ3v) is 10.2. The van der Waals surface area contributed by atoms with Crippen molar-refractivity contribution < 1.29 is 19.1 Å². The van der Waals surface area contributed by atoms with E-state index in [1.54, 1.807) is 6.92 Å². The van der Waals surface area contributed by atoms with Crippen LogP contribution >= 0.6 is 11.6 Å². The second-order valence-corrected chi connectivity index (χ2v) is 10.8. The van der Waals surface area contributed by atoms with Crippen LogP contribution < -0.4 is 0 Å². The number of hydrogen-bond donors (Lipinski definition) is 0. The number of halogens is 1. The Morgan fingerprint density at radius 3 is 2.48 bits per heavy atom. The SMILES string of the molecule is CC(=O)[C@@]1(OC=O)CC[C@H]2[C@@H]3C=C(Cl)C4=CC(=O)[C@@H]5CC[C@@H]5[C@]4(C)C3CC[C@@]21C. The number of allylic oxidation sites excluding steroid dienone is 4. The van der Waals surface area contributed by atoms with Gasteiger partial charge in [0.15, 0.2) is 17.2 Å². The van der Waals surface area contributed by atoms with Gasteiger partial charge in [-0.1, -0.05) is 31.5 Å². The topological polar surface area (TPSA) is 60.4 Å². The average Bonchev–Trinajstić information content (AvgIpc) is 2.91. The lowest BCUT2D eigenvalue weighted by molar-refractivity contribution is -0.178. The second kappa shape index (κ2) is 6.06. The summed E-state index contributed by atoms with van der Waals surface area (Å²) in [5, 5.41) is 0.716. The molecule has 5 rings (SSSR count). The number of Topliss-reactive ketones (excluding diaryl/α,β-unsaturated/α-hetero) is 1. The van der Waals surface area contributed by atoms with E-state index in [9.17, 15) is 14.4 Å². The Kier molecular flexibility index (Phi) is 4.08. The van der Waals surface area contributed by atoms with E-state index in [4.69, 9.17) is 16.3 Å². The van der Waals surface area contributed by atoms with Crippen LogP contribution in [0.15, 0.2) is 22.8 Å². The Morgan fingerprint density at radius 2 is 1.86 bits per heavy atom. The van der Waals surface area contributed by atoms with Crippen molar-refractivity contribution in [3.8, 4) is 0 Å². The average molecular weight is 417 g/mol. The predicted octanol–water partition coefficient (Wildman–Crippen LogP) is 4.61. The number of fused-ring (bicyclic) bond motifs is 7. The van der Waals surface area contributed by atoms with Crippen LogP contribution in [0.2, 0.25) is 0 Å². The number of hydrogen-bond acceptors (Lipinski definition) is 4. The smallest absolute Gasteiger partial charge is 0.294 e. The third kappa shape index (κ3) is 2.14. The van der Waals surface area contributed by atoms with Crippen LogP contribution in [-0.4, -0.2) is 23.6 Å². The second-order valence-electron chi connectivity index (χ2n) is 10.4. The quantitative estimate of drug-likeness (QED) is 0.630. The highest BCUT2D eigenvalue weighted by Crippen LogP contribution is 2.70. The fraction of sp³-hybridized carbons (Fsp3) is 0.708. The van der Waals surface area contributed by atoms with Crippen LogP contribution in [0.25, 0.3) is 0 Å². The van der Waals surface area contributed by atoms with Crippen molar-refractivity contribution in [2.24, 2.45) is 40.4 Å². The van der Waals surface area contributed by atoms with Crippen molar-refractivity contribution in [3.05, 3.63) is 22.8 Å². The zero-order chi connectivity index (χ0) is 20.8. The molecule has 3 fully saturated rings. The molecule has 0 aliphatic heterocycles. The van der Waals surface area contributed by atoms with E-state index in [-0.39, 0.29) is 40.2 Å². The number of carbonyl (C=O) groups excluding carboxylic acids is 3. The third-order valence-electron chi connectivity index (χ3n) is 9.91. The lowest BCUT2D eigenvalue weighted by Crippen LogP contribution is -2.60. The summed E-state index contributed by atoms with van der Waals surface area (Å²) in [6, 6.07) is 0. The fourth-order valence-corrected chi connectivity index (χ4v) is 8.69. The molecule has 0 bridgehead atoms. The molecule has 156 valence electrons. The van der Waals surface area contributed by atoms with E-state index in [2.05, 4.69) is 19.9 Å². The summed E-state index contributed by atoms with van der Waals surface area (Å²) in [7, 11) is 0. The Hall–Kier alpha value is -1.42. The molecule has 0 aromatic heterocycles. The molecule has 0 aromatic carbocycles. The summed E-state index contributed by atoms with van der Waals surface area (Å²) < 4.78 is 5.59. The minimum Gasteiger partial charge on any atom is -0.453 e. The highest BCUT2D eigenvalue weighted by Gasteiger charge is 2.69. The largest absolute Gasteiger partial charge is 0.453 e. The zero-order valence-corrected chi connectivity index (χ0v) is 18.1. The van der Waals surface area contributed by atoms with E-state index in [1.165, 1.54) is 0 Å². The summed E-state index contributed by atoms with van der Waals surface area (Å²) in [6.45, 7) is 6.48. The van der Waals surface area contributed by atoms with Crippen molar-refractivity contribution in [2.75, 3.05) is 0 Å². The molecule has 29 heavy (non-hydrogen) atoms. The molecule has 0 heterocycles. The van der Waals surface area contributed by atoms with Gasteiger partial charge < -0.3 is 4.74 Å². The number of rotatable bonds is 3. The molecule has 0 aromatic rings. The van der Waals surface area contributed by atoms with Gasteiger partial charge in [-0.15, -0.1) is 0 Å². The first-order valence-corrected chi connectivity index (χ1v) is 11.3. The molecule has 0 amide bonds. The van der Waals surface area contributed by atoms with E-state index in [0.717, 1.165) is 37.7 Å². The van der Waals surface area contributed by atoms with Crippen LogP contribution in [-0.2, 0) is 19.1 Å². The Morgan fingerprint density at radius 1 is 1.14 bits per heavy atom. The lowest BCUT2D eigenvalue weighted by atomic mass is 9.42. The summed E-state index contributed by atoms with van der Waals surface area (Å²) in [4.78, 5) is 36.6. The maximum atomic E-state index is 12.7. The fourth-order valence-electron chi connectivity index (χ4n) is 8.29. The first kappa shape index (κ1) is 19.5. The molecular formula is C24H29ClO4. The molecule has 8 atom stereocenters. The minimum absolute atomic E-state index is 0.0481. The van der Waals surface area contributed by atoms with Crippen molar-refractivity contribution in [3.63, 3.8) is 0 Å². The van der Waals surface area contributed by atoms with Crippen molar-refractivity contribution in [1.82, 2.24) is 0 Å². The number of ether oxygens (including phenoxy) is 1. The van der Waals surface area contributed by atoms with Gasteiger partial charge in [0, 0.05) is 21.8 Å². The standard InChI is InChI=1S/C24H29ClO4/c1-13(27)24(29-12-26)9-7-16-15-10-20(25)19-11-21(28)14-4-5-17(14)23(19,3)18(15)6-8-22(16,24)2/h10-12,14-18H,4-9H2,1-3H3/t14-,15+,16+,17+,18?,22+,23-,24+/m1/s1. The van der Waals surface area contributed by atoms with E-state index < -0.39 is 5.60 Å². The lowest BCUT2D eigenvalue weighted by Gasteiger charge is -2.62. The molecular weight excluding hydrogens is 388 g/mol. The predicted molar refractivity (Wildman–Crippen MR) is 109 cm³/mol. The van der Waals surface area contributed by atoms with Crippen LogP contribution in [0.1, 0.15) is 59.3 Å². The minimum atomic E-state index is -1.02. The number of ketones is 2. The van der Waals surface area contributed by atoms with Gasteiger partial charge in [0.05, 0.1) is 0 Å². The Balaban J connectivity index is 1.61. The molecule has 0 spiro atoms. The van der Waals surface area contributed by atoms with Gasteiger partial charge in [-0.25, -0.2) is 0 Å². The normalized spacial score (nSPS) is 50.1. The van der Waals surface area contributed by atoms with Crippen molar-refractivity contribution in [2.45, 2.75) is 64.9 Å². The maximum absolute atomic E-state index is 12.7. The summed E-state index contributed by atoms with van der Waals surface area (Å²) in [5.74, 6) is 1.62. The summed E-state index contributed by atoms with van der Waals surface area (Å²) in [5.41, 5.74) is -0.449. The highest BCUT2D eigenvalue weighted by molar-refractivity contribution is 6.32. The van der Waals surface area contributed by atoms with Gasteiger partial charge in [-0.3, -0.25) is 14.4 Å². The van der Waals surface area contributed by atoms with Crippen LogP contribution in [0.5, 0.6) is 0 Å². The molecule has 5 aliphatic rings. The zero-order valence-electron chi connectivity index (χ0n) is 17.4. The van der Waals surface area contributed by atoms with E-state index in [0.29, 0.717) is 29.8 Å². The van der Waals surface area contributed by atoms with Crippen LogP contribution in [0.4, 0.5) is 0 Å². The van der Waals surface area contributed by atoms with Gasteiger partial charge in [-0.2, -0.15) is 0 Å². The van der Waals surface area contributed by atoms with Crippen molar-refractivity contribution in [1.29, 1.82) is 0 Å². The van der Waals surface area contributed by atoms with Gasteiger partial charge in [0.25, 0.3) is 6.47 Å². The first-order chi connectivity index (χ1) is 13.7. The number of carbonyl (C=O) groups is 3. The first-order valence-electron chi connectivity index (χ1n) is 11.0. The summed E-state index contributed by atoms with van der Waals surface area (Å²) in [6.07, 6.45) is 9.31. The monoisotopic (exact) mass is 416 g/mol. The molecule has 5 aliphatic carbocycles. The van der Waals surface area contributed by atoms with Gasteiger partial charge in [-0.05, 0) is 80.8 Å². The van der Waals surface area contributed by atoms with Gasteiger partial charge in [0.2, 0.25) is 0 Å². The molecule has 0 radical (unpaired) electrons. The van der Waals surface area contributed by atoms with E-state index in [1.807, 2.05) is 6.08 Å². The van der Waals surface area contributed by atoms with Crippen molar-refractivity contribution >= 4 is 29.6 Å². The van der Waals surface area contributed by atoms with Crippen LogP contribution in [0, 0.1) is 40.4 Å².